The average Bonchev–Trinajstić information content (AvgIpc) is 2.77. The molecule has 1 rings (SSSR count). The van der Waals surface area contributed by atoms with Gasteiger partial charge in [0.15, 0.2) is 0 Å². The van der Waals surface area contributed by atoms with E-state index in [1.807, 2.05) is 6.26 Å². The van der Waals surface area contributed by atoms with Gasteiger partial charge in [0.25, 0.3) is 0 Å². The number of aliphatic carboxylic acids is 2. The van der Waals surface area contributed by atoms with Crippen LogP contribution in [0, 0.1) is 0 Å². The van der Waals surface area contributed by atoms with E-state index in [1.54, 1.807) is 0 Å². The minimum Gasteiger partial charge on any atom is -0.508 e. The number of phenolic OH excluding ortho intramolecular Hbond substituents is 1. The second-order valence-electron chi connectivity index (χ2n) is 7.55. The Hall–Kier alpha value is -3.32. The molecule has 0 spiro atoms. The van der Waals surface area contributed by atoms with Gasteiger partial charge in [0.1, 0.15) is 23.9 Å². The maximum absolute atomic E-state index is 12.6. The van der Waals surface area contributed by atoms with Crippen LogP contribution in [0.2, 0.25) is 0 Å². The first kappa shape index (κ1) is 28.7. The van der Waals surface area contributed by atoms with Crippen LogP contribution in [0.3, 0.4) is 0 Å². The van der Waals surface area contributed by atoms with Crippen molar-refractivity contribution in [1.82, 2.24) is 16.0 Å². The third-order valence-corrected chi connectivity index (χ3v) is 5.37. The predicted molar refractivity (Wildman–Crippen MR) is 124 cm³/mol. The molecular formula is C21H30N4O8S. The predicted octanol–water partition coefficient (Wildman–Crippen LogP) is -0.951. The third-order valence-electron chi connectivity index (χ3n) is 4.72. The van der Waals surface area contributed by atoms with Crippen LogP contribution < -0.4 is 21.7 Å². The molecule has 8 N–H and O–H groups in total. The molecule has 0 fully saturated rings. The van der Waals surface area contributed by atoms with Crippen LogP contribution in [-0.2, 0) is 30.4 Å². The monoisotopic (exact) mass is 498 g/mol. The Kier molecular flexibility index (Phi) is 11.9. The van der Waals surface area contributed by atoms with Crippen molar-refractivity contribution in [3.05, 3.63) is 29.8 Å². The molecule has 34 heavy (non-hydrogen) atoms. The first-order chi connectivity index (χ1) is 15.9. The van der Waals surface area contributed by atoms with Gasteiger partial charge in [0.2, 0.25) is 17.7 Å². The van der Waals surface area contributed by atoms with Gasteiger partial charge < -0.3 is 37.0 Å². The number of rotatable bonds is 14. The van der Waals surface area contributed by atoms with Gasteiger partial charge in [0.05, 0.1) is 12.5 Å². The number of carbonyl (C=O) groups is 5. The Balaban J connectivity index is 2.78. The van der Waals surface area contributed by atoms with E-state index in [0.717, 1.165) is 0 Å². The fraction of sp³-hybridized carbons (Fsp3) is 0.476. The van der Waals surface area contributed by atoms with Crippen LogP contribution in [0.1, 0.15) is 25.3 Å². The summed E-state index contributed by atoms with van der Waals surface area (Å²) in [6.07, 6.45) is 1.34. The Morgan fingerprint density at radius 1 is 0.941 bits per heavy atom. The summed E-state index contributed by atoms with van der Waals surface area (Å²) in [4.78, 5) is 59.9. The summed E-state index contributed by atoms with van der Waals surface area (Å²) in [7, 11) is 0. The fourth-order valence-electron chi connectivity index (χ4n) is 2.78. The number of amides is 3. The summed E-state index contributed by atoms with van der Waals surface area (Å²) in [5.74, 6) is -4.52. The number of nitrogens with two attached hydrogens (primary N) is 1. The highest BCUT2D eigenvalue weighted by atomic mass is 32.2. The van der Waals surface area contributed by atoms with Gasteiger partial charge in [-0.1, -0.05) is 12.1 Å². The van der Waals surface area contributed by atoms with Crippen molar-refractivity contribution >= 4 is 41.4 Å². The zero-order chi connectivity index (χ0) is 25.8. The third kappa shape index (κ3) is 10.1. The number of carboxylic acids is 2. The van der Waals surface area contributed by atoms with E-state index in [1.165, 1.54) is 43.0 Å². The van der Waals surface area contributed by atoms with Gasteiger partial charge in [-0.15, -0.1) is 0 Å². The van der Waals surface area contributed by atoms with Gasteiger partial charge >= 0.3 is 11.9 Å². The quantitative estimate of drug-likeness (QED) is 0.167. The van der Waals surface area contributed by atoms with Crippen molar-refractivity contribution in [3.8, 4) is 5.75 Å². The van der Waals surface area contributed by atoms with E-state index in [9.17, 15) is 34.2 Å². The number of phenols is 1. The van der Waals surface area contributed by atoms with E-state index in [-0.39, 0.29) is 12.2 Å². The molecule has 12 nitrogen and oxygen atoms in total. The van der Waals surface area contributed by atoms with Gasteiger partial charge in [-0.2, -0.15) is 11.8 Å². The zero-order valence-electron chi connectivity index (χ0n) is 18.8. The number of nitrogens with one attached hydrogen (secondary N) is 3. The molecule has 0 heterocycles. The van der Waals surface area contributed by atoms with Crippen molar-refractivity contribution in [1.29, 1.82) is 0 Å². The van der Waals surface area contributed by atoms with Gasteiger partial charge in [0, 0.05) is 6.42 Å². The van der Waals surface area contributed by atoms with Crippen molar-refractivity contribution < 1.29 is 39.3 Å². The molecule has 4 unspecified atom stereocenters. The normalized spacial score (nSPS) is 14.2. The first-order valence-electron chi connectivity index (χ1n) is 10.3. The fourth-order valence-corrected chi connectivity index (χ4v) is 3.27. The van der Waals surface area contributed by atoms with E-state index in [2.05, 4.69) is 16.0 Å². The number of hydrogen-bond donors (Lipinski definition) is 7. The average molecular weight is 499 g/mol. The summed E-state index contributed by atoms with van der Waals surface area (Å²) in [6, 6.07) is 0.803. The molecule has 4 atom stereocenters. The molecule has 0 aliphatic heterocycles. The molecule has 0 saturated carbocycles. The Morgan fingerprint density at radius 2 is 1.53 bits per heavy atom. The molecule has 188 valence electrons. The largest absolute Gasteiger partial charge is 0.508 e. The SMILES string of the molecule is CSCCC(N)C(=O)NC(CC(=O)O)C(=O)NC(C)C(=O)NC(Cc1ccc(O)cc1)C(=O)O. The van der Waals surface area contributed by atoms with Gasteiger partial charge in [-0.25, -0.2) is 4.79 Å². The minimum absolute atomic E-state index is 0.00390. The molecule has 0 radical (unpaired) electrons. The molecule has 13 heteroatoms. The first-order valence-corrected chi connectivity index (χ1v) is 11.7. The van der Waals surface area contributed by atoms with Crippen LogP contribution in [0.15, 0.2) is 24.3 Å². The number of hydrogen-bond acceptors (Lipinski definition) is 8. The Morgan fingerprint density at radius 3 is 2.06 bits per heavy atom. The van der Waals surface area contributed by atoms with Gasteiger partial charge in [-0.3, -0.25) is 19.2 Å². The second-order valence-corrected chi connectivity index (χ2v) is 8.53. The number of carbonyl (C=O) groups excluding carboxylic acids is 3. The summed E-state index contributed by atoms with van der Waals surface area (Å²) in [5.41, 5.74) is 6.29. The summed E-state index contributed by atoms with van der Waals surface area (Å²) >= 11 is 1.47. The minimum atomic E-state index is -1.48. The zero-order valence-corrected chi connectivity index (χ0v) is 19.6. The Bertz CT molecular complexity index is 880. The number of aromatic hydroxyl groups is 1. The lowest BCUT2D eigenvalue weighted by Gasteiger charge is -2.22. The molecule has 0 aliphatic carbocycles. The van der Waals surface area contributed by atoms with E-state index in [4.69, 9.17) is 10.8 Å². The van der Waals surface area contributed by atoms with E-state index < -0.39 is 60.2 Å². The summed E-state index contributed by atoms with van der Waals surface area (Å²) < 4.78 is 0. The molecule has 0 saturated heterocycles. The summed E-state index contributed by atoms with van der Waals surface area (Å²) in [6.45, 7) is 1.29. The molecule has 1 aromatic rings. The van der Waals surface area contributed by atoms with Crippen LogP contribution in [0.25, 0.3) is 0 Å². The standard InChI is InChI=1S/C21H30N4O8S/c1-11(18(29)25-16(21(32)33)9-12-3-5-13(26)6-4-12)23-20(31)15(10-17(27)28)24-19(30)14(22)7-8-34-2/h3-6,11,14-16,26H,7-10,22H2,1-2H3,(H,23,31)(H,24,30)(H,25,29)(H,27,28)(H,32,33). The topological polar surface area (TPSA) is 208 Å². The highest BCUT2D eigenvalue weighted by Crippen LogP contribution is 2.11. The lowest BCUT2D eigenvalue weighted by Crippen LogP contribution is -2.57. The highest BCUT2D eigenvalue weighted by molar-refractivity contribution is 7.98. The van der Waals surface area contributed by atoms with Crippen LogP contribution >= 0.6 is 11.8 Å². The van der Waals surface area contributed by atoms with Crippen LogP contribution in [0.4, 0.5) is 0 Å². The lowest BCUT2D eigenvalue weighted by molar-refractivity contribution is -0.143. The smallest absolute Gasteiger partial charge is 0.326 e. The molecular weight excluding hydrogens is 468 g/mol. The summed E-state index contributed by atoms with van der Waals surface area (Å²) in [5, 5.41) is 34.7. The van der Waals surface area contributed by atoms with Crippen LogP contribution in [0.5, 0.6) is 5.75 Å². The molecule has 0 aliphatic rings. The van der Waals surface area contributed by atoms with Crippen molar-refractivity contribution in [3.63, 3.8) is 0 Å². The van der Waals surface area contributed by atoms with Crippen molar-refractivity contribution in [2.24, 2.45) is 5.73 Å². The number of benzene rings is 1. The maximum atomic E-state index is 12.6. The molecule has 1 aromatic carbocycles. The molecule has 0 aromatic heterocycles. The second kappa shape index (κ2) is 14.1. The number of thioether (sulfide) groups is 1. The van der Waals surface area contributed by atoms with E-state index >= 15 is 0 Å². The van der Waals surface area contributed by atoms with Crippen molar-refractivity contribution in [2.45, 2.75) is 50.4 Å². The lowest BCUT2D eigenvalue weighted by atomic mass is 10.1. The molecule has 3 amide bonds. The van der Waals surface area contributed by atoms with E-state index in [0.29, 0.717) is 17.7 Å². The molecule has 0 bridgehead atoms. The van der Waals surface area contributed by atoms with Crippen molar-refractivity contribution in [2.75, 3.05) is 12.0 Å². The van der Waals surface area contributed by atoms with Crippen LogP contribution in [-0.4, -0.2) is 81.2 Å². The maximum Gasteiger partial charge on any atom is 0.326 e. The van der Waals surface area contributed by atoms with Gasteiger partial charge in [-0.05, 0) is 43.0 Å². The highest BCUT2D eigenvalue weighted by Gasteiger charge is 2.29. The Labute approximate surface area is 200 Å². The number of carboxylic acid groups (broad SMARTS) is 2.